The number of carbonyl (C=O) groups excluding carboxylic acids is 2. The second-order valence-electron chi connectivity index (χ2n) is 15.2. The molecule has 61 heavy (non-hydrogen) atoms. The van der Waals surface area contributed by atoms with Crippen LogP contribution in [0.15, 0.2) is 109 Å². The lowest BCUT2D eigenvalue weighted by Gasteiger charge is -2.46. The molecule has 2 fully saturated rings. The van der Waals surface area contributed by atoms with Crippen molar-refractivity contribution >= 4 is 12.2 Å². The molecule has 1 amide bonds. The summed E-state index contributed by atoms with van der Waals surface area (Å²) in [7, 11) is 0. The van der Waals surface area contributed by atoms with Crippen LogP contribution in [0.5, 0.6) is 11.5 Å². The van der Waals surface area contributed by atoms with Gasteiger partial charge < -0.3 is 74.9 Å². The van der Waals surface area contributed by atoms with Crippen LogP contribution in [0.3, 0.4) is 0 Å². The number of carbonyl (C=O) groups is 2. The largest absolute Gasteiger partial charge is 0.489 e. The zero-order valence-corrected chi connectivity index (χ0v) is 33.5. The molecule has 2 saturated heterocycles. The number of benzene rings is 4. The summed E-state index contributed by atoms with van der Waals surface area (Å²) in [6, 6.07) is 30.7. The van der Waals surface area contributed by atoms with Crippen molar-refractivity contribution in [2.24, 2.45) is 5.73 Å². The van der Waals surface area contributed by atoms with Gasteiger partial charge in [-0.15, -0.1) is 0 Å². The average molecular weight is 847 g/mol. The SMILES string of the molecule is CC(c1ccccc1)C(N)C(=O)NC(C=O)Cc1ccc(OC2OC(CO)C(OC3OC(CO)C(O)C(O)C3OCc3ccc(OCc4ccccc4)cc3)C(O)C2O)cc1. The Morgan fingerprint density at radius 1 is 0.705 bits per heavy atom. The number of nitrogens with two attached hydrogens (primary N) is 1. The van der Waals surface area contributed by atoms with Gasteiger partial charge in [0.05, 0.1) is 31.9 Å². The van der Waals surface area contributed by atoms with Gasteiger partial charge >= 0.3 is 0 Å². The van der Waals surface area contributed by atoms with Crippen molar-refractivity contribution in [1.82, 2.24) is 5.32 Å². The first-order chi connectivity index (χ1) is 29.5. The molecule has 0 aliphatic carbocycles. The normalized spacial score (nSPS) is 27.9. The number of aliphatic hydroxyl groups is 6. The Bertz CT molecular complexity index is 1940. The molecule has 2 aliphatic heterocycles. The number of ether oxygens (including phenoxy) is 6. The fourth-order valence-corrected chi connectivity index (χ4v) is 7.13. The second kappa shape index (κ2) is 21.8. The summed E-state index contributed by atoms with van der Waals surface area (Å²) < 4.78 is 35.4. The number of aldehydes is 1. The number of hydrogen-bond donors (Lipinski definition) is 8. The number of nitrogens with one attached hydrogen (secondary N) is 1. The predicted octanol–water partition coefficient (Wildman–Crippen LogP) is 0.850. The molecule has 13 atom stereocenters. The van der Waals surface area contributed by atoms with E-state index in [1.165, 1.54) is 0 Å². The third-order valence-corrected chi connectivity index (χ3v) is 10.8. The predicted molar refractivity (Wildman–Crippen MR) is 218 cm³/mol. The minimum Gasteiger partial charge on any atom is -0.489 e. The highest BCUT2D eigenvalue weighted by atomic mass is 16.7. The van der Waals surface area contributed by atoms with Gasteiger partial charge in [0.2, 0.25) is 12.2 Å². The van der Waals surface area contributed by atoms with Crippen molar-refractivity contribution in [2.75, 3.05) is 13.2 Å². The highest BCUT2D eigenvalue weighted by Gasteiger charge is 2.52. The standard InChI is InChI=1S/C45H54N2O14/c1-26(30-10-6-3-7-11-30)36(46)43(55)47-31(21-48)20-27-12-18-33(19-13-27)58-44-40(54)39(53)41(35(23-50)60-44)61-45-42(38(52)37(51)34(22-49)59-45)57-25-29-14-16-32(17-15-29)56-24-28-8-4-2-5-9-28/h2-19,21,26,31,34-42,44-45,49-54H,20,22-25,46H2,1H3,(H,47,55). The summed E-state index contributed by atoms with van der Waals surface area (Å²) in [4.78, 5) is 24.8. The van der Waals surface area contributed by atoms with Gasteiger partial charge in [0.25, 0.3) is 0 Å². The number of aliphatic hydroxyl groups excluding tert-OH is 6. The number of amides is 1. The van der Waals surface area contributed by atoms with Crippen molar-refractivity contribution in [2.45, 2.75) is 106 Å². The van der Waals surface area contributed by atoms with Gasteiger partial charge in [-0.1, -0.05) is 91.9 Å². The van der Waals surface area contributed by atoms with Crippen LogP contribution in [0.2, 0.25) is 0 Å². The van der Waals surface area contributed by atoms with E-state index >= 15 is 0 Å². The lowest BCUT2D eigenvalue weighted by atomic mass is 9.93. The maximum atomic E-state index is 12.9. The molecule has 13 unspecified atom stereocenters. The molecule has 4 aromatic carbocycles. The van der Waals surface area contributed by atoms with E-state index in [0.29, 0.717) is 29.8 Å². The highest BCUT2D eigenvalue weighted by Crippen LogP contribution is 2.32. The molecule has 9 N–H and O–H groups in total. The Balaban J connectivity index is 1.04. The first-order valence-electron chi connectivity index (χ1n) is 20.1. The lowest BCUT2D eigenvalue weighted by molar-refractivity contribution is -0.357. The molecule has 0 spiro atoms. The summed E-state index contributed by atoms with van der Waals surface area (Å²) in [5, 5.41) is 67.0. The third kappa shape index (κ3) is 11.8. The van der Waals surface area contributed by atoms with Crippen molar-refractivity contribution in [3.63, 3.8) is 0 Å². The van der Waals surface area contributed by atoms with E-state index in [9.17, 15) is 40.2 Å². The minimum absolute atomic E-state index is 0.0719. The van der Waals surface area contributed by atoms with Crippen LogP contribution < -0.4 is 20.5 Å². The smallest absolute Gasteiger partial charge is 0.238 e. The van der Waals surface area contributed by atoms with Gasteiger partial charge in [-0.05, 0) is 52.9 Å². The zero-order chi connectivity index (χ0) is 43.5. The molecule has 0 radical (unpaired) electrons. The summed E-state index contributed by atoms with van der Waals surface area (Å²) in [5.41, 5.74) is 9.47. The Morgan fingerprint density at radius 2 is 1.28 bits per heavy atom. The number of rotatable bonds is 19. The maximum absolute atomic E-state index is 12.9. The van der Waals surface area contributed by atoms with Crippen LogP contribution in [0.1, 0.15) is 35.1 Å². The van der Waals surface area contributed by atoms with Crippen LogP contribution in [0.25, 0.3) is 0 Å². The molecule has 4 aromatic rings. The maximum Gasteiger partial charge on any atom is 0.238 e. The first kappa shape index (κ1) is 45.7. The molecular formula is C45H54N2O14. The van der Waals surface area contributed by atoms with Crippen LogP contribution in [-0.4, -0.2) is 130 Å². The highest BCUT2D eigenvalue weighted by molar-refractivity contribution is 5.85. The van der Waals surface area contributed by atoms with Gasteiger partial charge in [-0.2, -0.15) is 0 Å². The fraction of sp³-hybridized carbons (Fsp3) is 0.422. The van der Waals surface area contributed by atoms with E-state index in [2.05, 4.69) is 5.32 Å². The van der Waals surface area contributed by atoms with E-state index in [-0.39, 0.29) is 24.7 Å². The van der Waals surface area contributed by atoms with Gasteiger partial charge in [0.1, 0.15) is 73.2 Å². The van der Waals surface area contributed by atoms with E-state index < -0.39 is 92.6 Å². The molecule has 328 valence electrons. The molecule has 0 saturated carbocycles. The van der Waals surface area contributed by atoms with Crippen LogP contribution in [0, 0.1) is 0 Å². The van der Waals surface area contributed by atoms with E-state index in [0.717, 1.165) is 11.1 Å². The topological polar surface area (TPSA) is 249 Å². The first-order valence-corrected chi connectivity index (χ1v) is 20.1. The molecule has 16 nitrogen and oxygen atoms in total. The van der Waals surface area contributed by atoms with Gasteiger partial charge in [0.15, 0.2) is 6.29 Å². The van der Waals surface area contributed by atoms with Crippen molar-refractivity contribution in [3.05, 3.63) is 131 Å². The summed E-state index contributed by atoms with van der Waals surface area (Å²) >= 11 is 0. The Hall–Kier alpha value is -4.82. The van der Waals surface area contributed by atoms with E-state index in [1.54, 1.807) is 48.5 Å². The average Bonchev–Trinajstić information content (AvgIpc) is 3.29. The van der Waals surface area contributed by atoms with E-state index in [4.69, 9.17) is 34.2 Å². The van der Waals surface area contributed by atoms with Crippen LogP contribution in [0.4, 0.5) is 0 Å². The molecule has 2 heterocycles. The summed E-state index contributed by atoms with van der Waals surface area (Å²) in [6.07, 6.45) is -14.2. The van der Waals surface area contributed by atoms with Crippen molar-refractivity contribution in [1.29, 1.82) is 0 Å². The fourth-order valence-electron chi connectivity index (χ4n) is 7.13. The van der Waals surface area contributed by atoms with E-state index in [1.807, 2.05) is 67.6 Å². The lowest BCUT2D eigenvalue weighted by Crippen LogP contribution is -2.65. The quantitative estimate of drug-likeness (QED) is 0.0610. The molecule has 6 rings (SSSR count). The molecule has 16 heteroatoms. The van der Waals surface area contributed by atoms with Crippen molar-refractivity contribution < 1.29 is 68.6 Å². The van der Waals surface area contributed by atoms with Gasteiger partial charge in [-0.25, -0.2) is 0 Å². The molecule has 0 aromatic heterocycles. The molecule has 0 bridgehead atoms. The summed E-state index contributed by atoms with van der Waals surface area (Å²) in [6.45, 7) is 0.754. The van der Waals surface area contributed by atoms with Gasteiger partial charge in [-0.3, -0.25) is 4.79 Å². The van der Waals surface area contributed by atoms with Crippen LogP contribution >= 0.6 is 0 Å². The van der Waals surface area contributed by atoms with Crippen LogP contribution in [-0.2, 0) is 48.2 Å². The Labute approximate surface area is 353 Å². The Morgan fingerprint density at radius 3 is 1.92 bits per heavy atom. The zero-order valence-electron chi connectivity index (χ0n) is 33.5. The summed E-state index contributed by atoms with van der Waals surface area (Å²) in [5.74, 6) is 0.0791. The second-order valence-corrected chi connectivity index (χ2v) is 15.2. The van der Waals surface area contributed by atoms with Gasteiger partial charge in [0, 0.05) is 5.92 Å². The van der Waals surface area contributed by atoms with Crippen molar-refractivity contribution in [3.8, 4) is 11.5 Å². The third-order valence-electron chi connectivity index (χ3n) is 10.8. The number of hydrogen-bond acceptors (Lipinski definition) is 15. The minimum atomic E-state index is -1.73. The monoisotopic (exact) mass is 846 g/mol. The Kier molecular flexibility index (Phi) is 16.3. The molecule has 2 aliphatic rings. The molecular weight excluding hydrogens is 792 g/mol.